The number of hydrogen-bond donors (Lipinski definition) is 1. The zero-order valence-corrected chi connectivity index (χ0v) is 9.81. The first-order valence-corrected chi connectivity index (χ1v) is 4.97. The van der Waals surface area contributed by atoms with Crippen LogP contribution in [0, 0.1) is 13.8 Å². The predicted octanol–water partition coefficient (Wildman–Crippen LogP) is 3.41. The van der Waals surface area contributed by atoms with Gasteiger partial charge in [0.05, 0.1) is 0 Å². The molecule has 0 atom stereocenters. The van der Waals surface area contributed by atoms with Crippen LogP contribution in [0.1, 0.15) is 30.5 Å². The molecule has 1 aromatic heterocycles. The van der Waals surface area contributed by atoms with E-state index < -0.39 is 0 Å². The Bertz CT molecular complexity index is 303. The molecular formula is C12H20N2. The summed E-state index contributed by atoms with van der Waals surface area (Å²) in [5.74, 6) is 0.896. The summed E-state index contributed by atoms with van der Waals surface area (Å²) in [5.41, 5.74) is 3.53. The van der Waals surface area contributed by atoms with Gasteiger partial charge in [-0.3, -0.25) is 0 Å². The lowest BCUT2D eigenvalue weighted by molar-refractivity contribution is 1.19. The van der Waals surface area contributed by atoms with Gasteiger partial charge < -0.3 is 5.32 Å². The van der Waals surface area contributed by atoms with Crippen LogP contribution < -0.4 is 5.32 Å². The molecule has 78 valence electrons. The smallest absolute Gasteiger partial charge is 0.133 e. The molecule has 0 spiro atoms. The van der Waals surface area contributed by atoms with E-state index >= 15 is 0 Å². The van der Waals surface area contributed by atoms with Crippen LogP contribution in [0.2, 0.25) is 0 Å². The molecule has 0 amide bonds. The van der Waals surface area contributed by atoms with Crippen molar-refractivity contribution in [2.45, 2.75) is 27.7 Å². The average molecular weight is 192 g/mol. The van der Waals surface area contributed by atoms with E-state index in [1.807, 2.05) is 33.2 Å². The fraction of sp³-hybridized carbons (Fsp3) is 0.417. The van der Waals surface area contributed by atoms with Crippen molar-refractivity contribution in [3.05, 3.63) is 29.5 Å². The second kappa shape index (κ2) is 6.19. The molecule has 0 bridgehead atoms. The summed E-state index contributed by atoms with van der Waals surface area (Å²) < 4.78 is 0. The summed E-state index contributed by atoms with van der Waals surface area (Å²) in [4.78, 5) is 4.25. The minimum Gasteiger partial charge on any atom is -0.373 e. The van der Waals surface area contributed by atoms with Gasteiger partial charge in [-0.1, -0.05) is 26.5 Å². The molecular weight excluding hydrogens is 172 g/mol. The van der Waals surface area contributed by atoms with E-state index in [-0.39, 0.29) is 0 Å². The van der Waals surface area contributed by atoms with Crippen LogP contribution in [0.25, 0.3) is 6.08 Å². The Morgan fingerprint density at radius 3 is 2.36 bits per heavy atom. The Kier molecular flexibility index (Phi) is 5.61. The van der Waals surface area contributed by atoms with Crippen LogP contribution in [0.5, 0.6) is 0 Å². The normalized spacial score (nSPS) is 8.64. The van der Waals surface area contributed by atoms with Gasteiger partial charge >= 0.3 is 0 Å². The maximum Gasteiger partial charge on any atom is 0.133 e. The first kappa shape index (κ1) is 12.7. The van der Waals surface area contributed by atoms with Gasteiger partial charge in [0.1, 0.15) is 5.82 Å². The third kappa shape index (κ3) is 2.59. The van der Waals surface area contributed by atoms with Gasteiger partial charge in [-0.15, -0.1) is 0 Å². The molecule has 0 saturated heterocycles. The zero-order valence-electron chi connectivity index (χ0n) is 9.81. The SMILES string of the molecule is C=Cc1c(NC)ncc(C)c1C.CC. The third-order valence-corrected chi connectivity index (χ3v) is 2.08. The molecule has 1 rings (SSSR count). The topological polar surface area (TPSA) is 24.9 Å². The molecule has 0 aliphatic rings. The Morgan fingerprint density at radius 2 is 1.93 bits per heavy atom. The highest BCUT2D eigenvalue weighted by molar-refractivity contribution is 5.65. The summed E-state index contributed by atoms with van der Waals surface area (Å²) in [6, 6.07) is 0. The number of nitrogens with one attached hydrogen (secondary N) is 1. The molecule has 0 saturated carbocycles. The number of aryl methyl sites for hydroxylation is 1. The van der Waals surface area contributed by atoms with Gasteiger partial charge in [0, 0.05) is 18.8 Å². The molecule has 0 aliphatic heterocycles. The van der Waals surface area contributed by atoms with Gasteiger partial charge in [-0.05, 0) is 25.0 Å². The summed E-state index contributed by atoms with van der Waals surface area (Å²) >= 11 is 0. The number of anilines is 1. The molecule has 2 heteroatoms. The summed E-state index contributed by atoms with van der Waals surface area (Å²) in [7, 11) is 1.87. The molecule has 0 unspecified atom stereocenters. The maximum atomic E-state index is 4.25. The van der Waals surface area contributed by atoms with E-state index in [0.29, 0.717) is 0 Å². The van der Waals surface area contributed by atoms with E-state index in [9.17, 15) is 0 Å². The van der Waals surface area contributed by atoms with Crippen LogP contribution in [0.3, 0.4) is 0 Å². The number of rotatable bonds is 2. The van der Waals surface area contributed by atoms with Crippen molar-refractivity contribution in [3.63, 3.8) is 0 Å². The van der Waals surface area contributed by atoms with Gasteiger partial charge in [0.2, 0.25) is 0 Å². The van der Waals surface area contributed by atoms with Crippen molar-refractivity contribution in [2.24, 2.45) is 0 Å². The quantitative estimate of drug-likeness (QED) is 0.776. The first-order chi connectivity index (χ1) is 6.70. The van der Waals surface area contributed by atoms with Gasteiger partial charge in [-0.25, -0.2) is 4.98 Å². The lowest BCUT2D eigenvalue weighted by atomic mass is 10.1. The highest BCUT2D eigenvalue weighted by Crippen LogP contribution is 2.20. The van der Waals surface area contributed by atoms with Crippen LogP contribution in [0.4, 0.5) is 5.82 Å². The fourth-order valence-electron chi connectivity index (χ4n) is 1.17. The zero-order chi connectivity index (χ0) is 11.1. The van der Waals surface area contributed by atoms with Crippen molar-refractivity contribution in [2.75, 3.05) is 12.4 Å². The highest BCUT2D eigenvalue weighted by atomic mass is 15.0. The lowest BCUT2D eigenvalue weighted by Crippen LogP contribution is -1.98. The van der Waals surface area contributed by atoms with Crippen molar-refractivity contribution >= 4 is 11.9 Å². The standard InChI is InChI=1S/C10H14N2.C2H6/c1-5-9-8(3)7(2)6-12-10(9)11-4;1-2/h5-6H,1H2,2-4H3,(H,11,12);1-2H3. The minimum atomic E-state index is 0.896. The third-order valence-electron chi connectivity index (χ3n) is 2.08. The molecule has 0 radical (unpaired) electrons. The number of hydrogen-bond acceptors (Lipinski definition) is 2. The number of aromatic nitrogens is 1. The van der Waals surface area contributed by atoms with Crippen LogP contribution >= 0.6 is 0 Å². The van der Waals surface area contributed by atoms with E-state index in [2.05, 4.69) is 30.7 Å². The lowest BCUT2D eigenvalue weighted by Gasteiger charge is -2.09. The van der Waals surface area contributed by atoms with Gasteiger partial charge in [-0.2, -0.15) is 0 Å². The van der Waals surface area contributed by atoms with Crippen LogP contribution in [-0.2, 0) is 0 Å². The Morgan fingerprint density at radius 1 is 1.36 bits per heavy atom. The molecule has 0 fully saturated rings. The van der Waals surface area contributed by atoms with Crippen molar-refractivity contribution in [1.29, 1.82) is 0 Å². The predicted molar refractivity (Wildman–Crippen MR) is 64.7 cm³/mol. The number of nitrogens with zero attached hydrogens (tertiary/aromatic N) is 1. The Hall–Kier alpha value is -1.31. The summed E-state index contributed by atoms with van der Waals surface area (Å²) in [5, 5.41) is 3.03. The number of pyridine rings is 1. The monoisotopic (exact) mass is 192 g/mol. The van der Waals surface area contributed by atoms with E-state index in [1.54, 1.807) is 0 Å². The summed E-state index contributed by atoms with van der Waals surface area (Å²) in [6.45, 7) is 11.9. The van der Waals surface area contributed by atoms with Gasteiger partial charge in [0.15, 0.2) is 0 Å². The molecule has 14 heavy (non-hydrogen) atoms. The second-order valence-corrected chi connectivity index (χ2v) is 2.78. The van der Waals surface area contributed by atoms with Gasteiger partial charge in [0.25, 0.3) is 0 Å². The summed E-state index contributed by atoms with van der Waals surface area (Å²) in [6.07, 6.45) is 3.70. The van der Waals surface area contributed by atoms with Crippen molar-refractivity contribution < 1.29 is 0 Å². The van der Waals surface area contributed by atoms with E-state index in [4.69, 9.17) is 0 Å². The van der Waals surface area contributed by atoms with E-state index in [0.717, 1.165) is 11.4 Å². The molecule has 1 heterocycles. The molecule has 1 N–H and O–H groups in total. The fourth-order valence-corrected chi connectivity index (χ4v) is 1.17. The second-order valence-electron chi connectivity index (χ2n) is 2.78. The minimum absolute atomic E-state index is 0.896. The van der Waals surface area contributed by atoms with Crippen LogP contribution in [0.15, 0.2) is 12.8 Å². The molecule has 0 aromatic carbocycles. The van der Waals surface area contributed by atoms with E-state index in [1.165, 1.54) is 11.1 Å². The average Bonchev–Trinajstić information content (AvgIpc) is 2.24. The largest absolute Gasteiger partial charge is 0.373 e. The maximum absolute atomic E-state index is 4.25. The molecule has 1 aromatic rings. The first-order valence-electron chi connectivity index (χ1n) is 4.97. The molecule has 2 nitrogen and oxygen atoms in total. The Labute approximate surface area is 87.1 Å². The van der Waals surface area contributed by atoms with Crippen molar-refractivity contribution in [3.8, 4) is 0 Å². The van der Waals surface area contributed by atoms with Crippen molar-refractivity contribution in [1.82, 2.24) is 4.98 Å². The van der Waals surface area contributed by atoms with Crippen LogP contribution in [-0.4, -0.2) is 12.0 Å². The highest BCUT2D eigenvalue weighted by Gasteiger charge is 2.03. The molecule has 0 aliphatic carbocycles. The Balaban J connectivity index is 0.000000791.